The van der Waals surface area contributed by atoms with Crippen molar-refractivity contribution in [2.75, 3.05) is 18.9 Å². The number of alkyl halides is 3. The smallest absolute Gasteiger partial charge is 0.325 e. The number of carbonyl (C=O) groups excluding carboxylic acids is 1. The highest BCUT2D eigenvalue weighted by Crippen LogP contribution is 2.30. The minimum atomic E-state index is -4.55. The van der Waals surface area contributed by atoms with E-state index < -0.39 is 34.2 Å². The summed E-state index contributed by atoms with van der Waals surface area (Å²) >= 11 is 0. The fraction of sp³-hybridized carbons (Fsp3) is 0.158. The summed E-state index contributed by atoms with van der Waals surface area (Å²) in [6, 6.07) is 10.3. The molecule has 0 aliphatic heterocycles. The fourth-order valence-corrected chi connectivity index (χ4v) is 4.08. The number of hydrogen-bond acceptors (Lipinski definition) is 4. The lowest BCUT2D eigenvalue weighted by atomic mass is 10.2. The van der Waals surface area contributed by atoms with Gasteiger partial charge in [-0.25, -0.2) is 8.42 Å². The Morgan fingerprint density at radius 2 is 1.83 bits per heavy atom. The average Bonchev–Trinajstić information content (AvgIpc) is 2.67. The van der Waals surface area contributed by atoms with Crippen LogP contribution in [0.15, 0.2) is 65.8 Å². The number of carbonyl (C=O) groups is 1. The summed E-state index contributed by atoms with van der Waals surface area (Å²) in [6.07, 6.45) is -1.57. The second-order valence-electron chi connectivity index (χ2n) is 6.24. The molecule has 1 amide bonds. The van der Waals surface area contributed by atoms with E-state index in [0.717, 1.165) is 22.5 Å². The molecule has 2 aromatic carbocycles. The molecule has 1 heterocycles. The van der Waals surface area contributed by atoms with E-state index >= 15 is 0 Å². The van der Waals surface area contributed by atoms with Gasteiger partial charge in [0.25, 0.3) is 0 Å². The molecule has 3 rings (SSSR count). The molecule has 0 unspecified atom stereocenters. The third-order valence-electron chi connectivity index (χ3n) is 4.17. The summed E-state index contributed by atoms with van der Waals surface area (Å²) in [5, 5.41) is 3.36. The normalized spacial score (nSPS) is 11.9. The van der Waals surface area contributed by atoms with Crippen molar-refractivity contribution in [2.45, 2.75) is 11.1 Å². The second kappa shape index (κ2) is 8.99. The Morgan fingerprint density at radius 1 is 1.13 bits per heavy atom. The molecule has 160 valence electrons. The molecule has 0 aliphatic rings. The Morgan fingerprint density at radius 3 is 2.53 bits per heavy atom. The highest BCUT2D eigenvalue weighted by Gasteiger charge is 2.30. The Hall–Kier alpha value is -2.69. The van der Waals surface area contributed by atoms with E-state index in [-0.39, 0.29) is 23.0 Å². The Kier molecular flexibility index (Phi) is 7.06. The minimum Gasteiger partial charge on any atom is -0.325 e. The van der Waals surface area contributed by atoms with Crippen LogP contribution >= 0.6 is 12.4 Å². The number of amides is 1. The summed E-state index contributed by atoms with van der Waals surface area (Å²) in [6.45, 7) is -0.569. The van der Waals surface area contributed by atoms with Gasteiger partial charge < -0.3 is 5.32 Å². The number of sulfonamides is 1. The molecule has 1 aromatic heterocycles. The largest absolute Gasteiger partial charge is 0.416 e. The SMILES string of the molecule is CN(CC(=O)Nc1cccc(C(F)(F)F)c1)S(=O)(=O)c1cccc2cnccc12.Cl. The quantitative estimate of drug-likeness (QED) is 0.627. The van der Waals surface area contributed by atoms with Crippen LogP contribution in [0.3, 0.4) is 0 Å². The summed E-state index contributed by atoms with van der Waals surface area (Å²) in [4.78, 5) is 16.2. The van der Waals surface area contributed by atoms with Gasteiger partial charge in [0.1, 0.15) is 0 Å². The molecule has 6 nitrogen and oxygen atoms in total. The summed E-state index contributed by atoms with van der Waals surface area (Å²) in [5.41, 5.74) is -0.993. The summed E-state index contributed by atoms with van der Waals surface area (Å²) < 4.78 is 65.0. The van der Waals surface area contributed by atoms with E-state index in [1.807, 2.05) is 0 Å². The topological polar surface area (TPSA) is 79.4 Å². The van der Waals surface area contributed by atoms with Crippen LogP contribution in [0.5, 0.6) is 0 Å². The molecule has 0 atom stereocenters. The highest BCUT2D eigenvalue weighted by atomic mass is 35.5. The van der Waals surface area contributed by atoms with E-state index in [0.29, 0.717) is 10.8 Å². The van der Waals surface area contributed by atoms with Gasteiger partial charge in [-0.15, -0.1) is 12.4 Å². The zero-order valence-corrected chi connectivity index (χ0v) is 17.2. The van der Waals surface area contributed by atoms with Gasteiger partial charge in [0.2, 0.25) is 15.9 Å². The van der Waals surface area contributed by atoms with Gasteiger partial charge in [-0.2, -0.15) is 17.5 Å². The highest BCUT2D eigenvalue weighted by molar-refractivity contribution is 7.89. The molecule has 11 heteroatoms. The first-order chi connectivity index (χ1) is 13.6. The van der Waals surface area contributed by atoms with Crippen LogP contribution in [-0.2, 0) is 21.0 Å². The molecule has 0 saturated carbocycles. The van der Waals surface area contributed by atoms with Crippen molar-refractivity contribution in [3.63, 3.8) is 0 Å². The van der Waals surface area contributed by atoms with Crippen LogP contribution in [-0.4, -0.2) is 37.2 Å². The Bertz CT molecular complexity index is 1160. The predicted octanol–water partition coefficient (Wildman–Crippen LogP) is 3.93. The van der Waals surface area contributed by atoms with Crippen molar-refractivity contribution in [1.29, 1.82) is 0 Å². The van der Waals surface area contributed by atoms with Crippen LogP contribution in [0, 0.1) is 0 Å². The molecule has 0 saturated heterocycles. The minimum absolute atomic E-state index is 0. The molecule has 0 radical (unpaired) electrons. The zero-order chi connectivity index (χ0) is 21.2. The molecule has 0 bridgehead atoms. The fourth-order valence-electron chi connectivity index (χ4n) is 2.75. The predicted molar refractivity (Wildman–Crippen MR) is 109 cm³/mol. The summed E-state index contributed by atoms with van der Waals surface area (Å²) in [5.74, 6) is -0.766. The van der Waals surface area contributed by atoms with Crippen molar-refractivity contribution < 1.29 is 26.4 Å². The maximum atomic E-state index is 12.9. The first-order valence-corrected chi connectivity index (χ1v) is 9.79. The van der Waals surface area contributed by atoms with Gasteiger partial charge in [-0.1, -0.05) is 18.2 Å². The molecular weight excluding hydrogens is 443 g/mol. The van der Waals surface area contributed by atoms with Crippen molar-refractivity contribution in [1.82, 2.24) is 9.29 Å². The second-order valence-corrected chi connectivity index (χ2v) is 8.25. The number of hydrogen-bond donors (Lipinski definition) is 1. The van der Waals surface area contributed by atoms with Gasteiger partial charge in [0.05, 0.1) is 17.0 Å². The van der Waals surface area contributed by atoms with Gasteiger partial charge in [0, 0.05) is 35.9 Å². The van der Waals surface area contributed by atoms with E-state index in [9.17, 15) is 26.4 Å². The number of benzene rings is 2. The van der Waals surface area contributed by atoms with Crippen LogP contribution < -0.4 is 5.32 Å². The van der Waals surface area contributed by atoms with Crippen molar-refractivity contribution in [3.05, 3.63) is 66.5 Å². The first kappa shape index (κ1) is 23.6. The lowest BCUT2D eigenvalue weighted by Crippen LogP contribution is -2.35. The number of aromatic nitrogens is 1. The maximum absolute atomic E-state index is 12.9. The number of halogens is 4. The molecular formula is C19H17ClF3N3O3S. The van der Waals surface area contributed by atoms with E-state index in [4.69, 9.17) is 0 Å². The summed E-state index contributed by atoms with van der Waals surface area (Å²) in [7, 11) is -2.80. The van der Waals surface area contributed by atoms with Gasteiger partial charge in [-0.05, 0) is 30.3 Å². The number of fused-ring (bicyclic) bond motifs is 1. The molecule has 0 aliphatic carbocycles. The lowest BCUT2D eigenvalue weighted by molar-refractivity contribution is -0.137. The first-order valence-electron chi connectivity index (χ1n) is 8.35. The maximum Gasteiger partial charge on any atom is 0.416 e. The van der Waals surface area contributed by atoms with Crippen LogP contribution in [0.1, 0.15) is 5.56 Å². The monoisotopic (exact) mass is 459 g/mol. The molecule has 0 fully saturated rings. The van der Waals surface area contributed by atoms with Crippen molar-refractivity contribution in [3.8, 4) is 0 Å². The number of anilines is 1. The van der Waals surface area contributed by atoms with Crippen LogP contribution in [0.2, 0.25) is 0 Å². The lowest BCUT2D eigenvalue weighted by Gasteiger charge is -2.18. The molecule has 3 aromatic rings. The van der Waals surface area contributed by atoms with E-state index in [1.165, 1.54) is 31.6 Å². The van der Waals surface area contributed by atoms with Gasteiger partial charge in [0.15, 0.2) is 0 Å². The Labute approximate surface area is 177 Å². The van der Waals surface area contributed by atoms with Crippen molar-refractivity contribution >= 4 is 44.8 Å². The third kappa shape index (κ3) is 5.07. The Balaban J connectivity index is 0.00000320. The van der Waals surface area contributed by atoms with E-state index in [2.05, 4.69) is 10.3 Å². The number of pyridine rings is 1. The standard InChI is InChI=1S/C19H16F3N3O3S.ClH/c1-25(12-18(26)24-15-6-3-5-14(10-15)19(20,21)22)29(27,28)17-7-2-4-13-11-23-9-8-16(13)17;/h2-11H,12H2,1H3,(H,24,26);1H. The number of nitrogens with zero attached hydrogens (tertiary/aromatic N) is 2. The van der Waals surface area contributed by atoms with Gasteiger partial charge in [-0.3, -0.25) is 9.78 Å². The zero-order valence-electron chi connectivity index (χ0n) is 15.6. The molecule has 1 N–H and O–H groups in total. The van der Waals surface area contributed by atoms with Crippen LogP contribution in [0.4, 0.5) is 18.9 Å². The molecule has 0 spiro atoms. The average molecular weight is 460 g/mol. The third-order valence-corrected chi connectivity index (χ3v) is 6.03. The number of likely N-dealkylation sites (N-methyl/N-ethyl adjacent to an activating group) is 1. The van der Waals surface area contributed by atoms with Gasteiger partial charge >= 0.3 is 6.18 Å². The van der Waals surface area contributed by atoms with E-state index in [1.54, 1.807) is 18.2 Å². The number of nitrogens with one attached hydrogen (secondary N) is 1. The number of rotatable bonds is 5. The van der Waals surface area contributed by atoms with Crippen molar-refractivity contribution in [2.24, 2.45) is 0 Å². The van der Waals surface area contributed by atoms with Crippen LogP contribution in [0.25, 0.3) is 10.8 Å². The molecule has 30 heavy (non-hydrogen) atoms.